The highest BCUT2D eigenvalue weighted by atomic mass is 15.3. The van der Waals surface area contributed by atoms with E-state index in [0.717, 1.165) is 17.6 Å². The molecule has 0 aliphatic carbocycles. The molecular weight excluding hydrogens is 274 g/mol. The van der Waals surface area contributed by atoms with Crippen LogP contribution in [-0.2, 0) is 6.42 Å². The van der Waals surface area contributed by atoms with Gasteiger partial charge >= 0.3 is 0 Å². The first-order chi connectivity index (χ1) is 10.7. The van der Waals surface area contributed by atoms with Crippen LogP contribution >= 0.6 is 0 Å². The number of likely N-dealkylation sites (N-methyl/N-ethyl adjacent to an activating group) is 1. The van der Waals surface area contributed by atoms with Gasteiger partial charge in [-0.2, -0.15) is 0 Å². The van der Waals surface area contributed by atoms with Crippen molar-refractivity contribution in [3.8, 4) is 0 Å². The van der Waals surface area contributed by atoms with Crippen LogP contribution in [0.15, 0.2) is 18.3 Å². The molecule has 0 amide bonds. The van der Waals surface area contributed by atoms with Gasteiger partial charge in [0.15, 0.2) is 5.65 Å². The van der Waals surface area contributed by atoms with Crippen LogP contribution in [0.5, 0.6) is 0 Å². The average molecular weight is 299 g/mol. The topological polar surface area (TPSA) is 37.2 Å². The molecule has 5 nitrogen and oxygen atoms in total. The monoisotopic (exact) mass is 299 g/mol. The van der Waals surface area contributed by atoms with Gasteiger partial charge in [0.2, 0.25) is 0 Å². The number of aromatic nitrogens is 3. The molecule has 2 fully saturated rings. The summed E-state index contributed by atoms with van der Waals surface area (Å²) >= 11 is 0. The first-order valence-corrected chi connectivity index (χ1v) is 8.46. The van der Waals surface area contributed by atoms with Crippen molar-refractivity contribution in [1.29, 1.82) is 0 Å². The molecule has 118 valence electrons. The largest absolute Gasteiger partial charge is 0.303 e. The van der Waals surface area contributed by atoms with E-state index in [1.807, 2.05) is 12.3 Å². The Morgan fingerprint density at radius 1 is 1.14 bits per heavy atom. The summed E-state index contributed by atoms with van der Waals surface area (Å²) in [6, 6.07) is 4.71. The fraction of sp³-hybridized carbons (Fsp3) is 0.647. The number of fused-ring (bicyclic) bond motifs is 1. The minimum atomic E-state index is 0.418. The summed E-state index contributed by atoms with van der Waals surface area (Å²) in [5.74, 6) is 1.21. The van der Waals surface area contributed by atoms with E-state index < -0.39 is 0 Å². The van der Waals surface area contributed by atoms with Crippen molar-refractivity contribution in [2.45, 2.75) is 44.3 Å². The molecule has 2 aromatic rings. The van der Waals surface area contributed by atoms with Gasteiger partial charge in [0, 0.05) is 18.7 Å². The smallest absolute Gasteiger partial charge is 0.161 e. The minimum absolute atomic E-state index is 0.418. The second-order valence-corrected chi connectivity index (χ2v) is 6.83. The van der Waals surface area contributed by atoms with Gasteiger partial charge in [-0.05, 0) is 65.0 Å². The Labute approximate surface area is 131 Å². The van der Waals surface area contributed by atoms with Gasteiger partial charge in [-0.1, -0.05) is 0 Å². The van der Waals surface area contributed by atoms with Crippen LogP contribution in [0.25, 0.3) is 11.2 Å². The normalized spacial score (nSPS) is 27.2. The number of hydrogen-bond acceptors (Lipinski definition) is 4. The molecule has 2 atom stereocenters. The van der Waals surface area contributed by atoms with Crippen LogP contribution in [0.3, 0.4) is 0 Å². The average Bonchev–Trinajstić information content (AvgIpc) is 3.19. The van der Waals surface area contributed by atoms with E-state index in [2.05, 4.69) is 39.5 Å². The highest BCUT2D eigenvalue weighted by Gasteiger charge is 2.29. The number of pyridine rings is 1. The number of imidazole rings is 1. The molecule has 2 saturated heterocycles. The lowest BCUT2D eigenvalue weighted by Crippen LogP contribution is -2.30. The van der Waals surface area contributed by atoms with E-state index in [1.54, 1.807) is 0 Å². The van der Waals surface area contributed by atoms with Crippen molar-refractivity contribution in [1.82, 2.24) is 24.3 Å². The molecule has 4 heterocycles. The Kier molecular flexibility index (Phi) is 3.62. The summed E-state index contributed by atoms with van der Waals surface area (Å²) in [6.45, 7) is 2.38. The van der Waals surface area contributed by atoms with Crippen molar-refractivity contribution >= 4 is 11.2 Å². The summed E-state index contributed by atoms with van der Waals surface area (Å²) in [5, 5.41) is 0. The standard InChI is InChI=1S/C17H25N5/c1-20-10-4-6-13(20)12-15-19-14-7-3-9-18-17(14)22(15)16-8-5-11-21(16)2/h3,7,9,13,16H,4-6,8,10-12H2,1-2H3. The molecule has 22 heavy (non-hydrogen) atoms. The van der Waals surface area contributed by atoms with Crippen LogP contribution in [0.2, 0.25) is 0 Å². The van der Waals surface area contributed by atoms with E-state index in [4.69, 9.17) is 4.98 Å². The quantitative estimate of drug-likeness (QED) is 0.871. The third-order valence-corrected chi connectivity index (χ3v) is 5.39. The number of likely N-dealkylation sites (tertiary alicyclic amines) is 2. The van der Waals surface area contributed by atoms with Crippen molar-refractivity contribution in [3.05, 3.63) is 24.2 Å². The maximum atomic E-state index is 4.94. The zero-order chi connectivity index (χ0) is 15.1. The van der Waals surface area contributed by atoms with Crippen molar-refractivity contribution in [2.75, 3.05) is 27.2 Å². The predicted octanol–water partition coefficient (Wildman–Crippen LogP) is 2.29. The van der Waals surface area contributed by atoms with Gasteiger partial charge in [0.25, 0.3) is 0 Å². The fourth-order valence-corrected chi connectivity index (χ4v) is 4.10. The predicted molar refractivity (Wildman–Crippen MR) is 87.8 cm³/mol. The Balaban J connectivity index is 1.76. The molecule has 5 heteroatoms. The van der Waals surface area contributed by atoms with E-state index in [0.29, 0.717) is 12.2 Å². The molecule has 2 aliphatic heterocycles. The molecule has 4 rings (SSSR count). The van der Waals surface area contributed by atoms with Crippen LogP contribution in [0.4, 0.5) is 0 Å². The van der Waals surface area contributed by atoms with Crippen LogP contribution < -0.4 is 0 Å². The molecule has 2 unspecified atom stereocenters. The van der Waals surface area contributed by atoms with E-state index in [1.165, 1.54) is 44.6 Å². The maximum absolute atomic E-state index is 4.94. The molecule has 0 spiro atoms. The second-order valence-electron chi connectivity index (χ2n) is 6.83. The lowest BCUT2D eigenvalue weighted by Gasteiger charge is -2.25. The Morgan fingerprint density at radius 2 is 1.95 bits per heavy atom. The molecule has 0 bridgehead atoms. The highest BCUT2D eigenvalue weighted by Crippen LogP contribution is 2.31. The summed E-state index contributed by atoms with van der Waals surface area (Å²) in [5.41, 5.74) is 2.09. The molecule has 2 aromatic heterocycles. The van der Waals surface area contributed by atoms with Crippen LogP contribution in [-0.4, -0.2) is 57.6 Å². The molecule has 0 saturated carbocycles. The van der Waals surface area contributed by atoms with Gasteiger partial charge in [0.1, 0.15) is 11.3 Å². The molecule has 0 radical (unpaired) electrons. The summed E-state index contributed by atoms with van der Waals surface area (Å²) in [7, 11) is 4.46. The molecular formula is C17H25N5. The lowest BCUT2D eigenvalue weighted by atomic mass is 10.1. The maximum Gasteiger partial charge on any atom is 0.161 e. The lowest BCUT2D eigenvalue weighted by molar-refractivity contribution is 0.231. The molecule has 0 aromatic carbocycles. The molecule has 0 N–H and O–H groups in total. The molecule has 2 aliphatic rings. The first kappa shape index (κ1) is 14.2. The summed E-state index contributed by atoms with van der Waals surface area (Å²) in [4.78, 5) is 14.5. The third-order valence-electron chi connectivity index (χ3n) is 5.39. The number of rotatable bonds is 3. The Morgan fingerprint density at radius 3 is 2.68 bits per heavy atom. The Bertz CT molecular complexity index is 664. The van der Waals surface area contributed by atoms with Gasteiger partial charge in [-0.15, -0.1) is 0 Å². The third kappa shape index (κ3) is 2.32. The van der Waals surface area contributed by atoms with Crippen molar-refractivity contribution in [3.63, 3.8) is 0 Å². The van der Waals surface area contributed by atoms with E-state index in [-0.39, 0.29) is 0 Å². The Hall–Kier alpha value is -1.46. The zero-order valence-corrected chi connectivity index (χ0v) is 13.6. The van der Waals surface area contributed by atoms with E-state index in [9.17, 15) is 0 Å². The van der Waals surface area contributed by atoms with Gasteiger partial charge in [0.05, 0.1) is 6.17 Å². The van der Waals surface area contributed by atoms with E-state index >= 15 is 0 Å². The van der Waals surface area contributed by atoms with Crippen molar-refractivity contribution < 1.29 is 0 Å². The first-order valence-electron chi connectivity index (χ1n) is 8.46. The van der Waals surface area contributed by atoms with Crippen molar-refractivity contribution in [2.24, 2.45) is 0 Å². The highest BCUT2D eigenvalue weighted by molar-refractivity contribution is 5.71. The number of hydrogen-bond donors (Lipinski definition) is 0. The van der Waals surface area contributed by atoms with Gasteiger partial charge in [-0.3, -0.25) is 9.47 Å². The summed E-state index contributed by atoms with van der Waals surface area (Å²) in [6.07, 6.45) is 8.40. The van der Waals surface area contributed by atoms with Gasteiger partial charge in [-0.25, -0.2) is 9.97 Å². The number of nitrogens with zero attached hydrogens (tertiary/aromatic N) is 5. The SMILES string of the molecule is CN1CCCC1Cc1nc2cccnc2n1C1CCCN1C. The summed E-state index contributed by atoms with van der Waals surface area (Å²) < 4.78 is 2.41. The zero-order valence-electron chi connectivity index (χ0n) is 13.6. The van der Waals surface area contributed by atoms with Crippen LogP contribution in [0, 0.1) is 0 Å². The van der Waals surface area contributed by atoms with Gasteiger partial charge < -0.3 is 4.90 Å². The minimum Gasteiger partial charge on any atom is -0.303 e. The fourth-order valence-electron chi connectivity index (χ4n) is 4.10. The second kappa shape index (κ2) is 5.63. The van der Waals surface area contributed by atoms with Crippen LogP contribution in [0.1, 0.15) is 37.7 Å².